The van der Waals surface area contributed by atoms with Gasteiger partial charge in [0.2, 0.25) is 5.91 Å². The van der Waals surface area contributed by atoms with Crippen LogP contribution in [0.3, 0.4) is 0 Å². The van der Waals surface area contributed by atoms with E-state index in [0.717, 1.165) is 11.6 Å². The summed E-state index contributed by atoms with van der Waals surface area (Å²) in [5, 5.41) is 2.33. The number of carbonyl (C=O) groups excluding carboxylic acids is 3. The molecule has 0 spiro atoms. The molecule has 1 fully saturated rings. The molecule has 0 aliphatic carbocycles. The van der Waals surface area contributed by atoms with E-state index in [0.29, 0.717) is 31.7 Å². The first-order valence-electron chi connectivity index (χ1n) is 10.7. The molecule has 1 aliphatic rings. The highest BCUT2D eigenvalue weighted by atomic mass is 19.4. The lowest BCUT2D eigenvalue weighted by molar-refractivity contribution is -0.137. The average molecular weight is 477 g/mol. The summed E-state index contributed by atoms with van der Waals surface area (Å²) in [6.45, 7) is 3.79. The molecule has 0 saturated carbocycles. The van der Waals surface area contributed by atoms with Crippen LogP contribution in [-0.4, -0.2) is 66.8 Å². The normalized spacial score (nSPS) is 14.9. The van der Waals surface area contributed by atoms with Gasteiger partial charge < -0.3 is 5.32 Å². The lowest BCUT2D eigenvalue weighted by Gasteiger charge is -2.33. The Morgan fingerprint density at radius 1 is 0.853 bits per heavy atom. The molecular weight excluding hydrogens is 451 g/mol. The largest absolute Gasteiger partial charge is 0.418 e. The maximum Gasteiger partial charge on any atom is 0.418 e. The maximum absolute atomic E-state index is 13.1. The Bertz CT molecular complexity index is 1040. The Balaban J connectivity index is 1.39. The van der Waals surface area contributed by atoms with Gasteiger partial charge in [0.05, 0.1) is 24.3 Å². The van der Waals surface area contributed by atoms with Gasteiger partial charge in [-0.25, -0.2) is 0 Å². The van der Waals surface area contributed by atoms with Gasteiger partial charge >= 0.3 is 6.18 Å². The summed E-state index contributed by atoms with van der Waals surface area (Å²) >= 11 is 0. The highest BCUT2D eigenvalue weighted by molar-refractivity contribution is 5.95. The predicted octanol–water partition coefficient (Wildman–Crippen LogP) is 2.03. The average Bonchev–Trinajstić information content (AvgIpc) is 2.78. The third kappa shape index (κ3) is 7.29. The summed E-state index contributed by atoms with van der Waals surface area (Å²) in [6, 6.07) is 11.8. The van der Waals surface area contributed by atoms with Crippen molar-refractivity contribution in [2.75, 3.05) is 44.6 Å². The molecule has 2 aromatic carbocycles. The number of anilines is 1. The summed E-state index contributed by atoms with van der Waals surface area (Å²) in [6.07, 6.45) is -4.56. The quantitative estimate of drug-likeness (QED) is 0.554. The number of hydrazine groups is 1. The summed E-state index contributed by atoms with van der Waals surface area (Å²) in [7, 11) is 0. The van der Waals surface area contributed by atoms with Gasteiger partial charge in [-0.2, -0.15) is 13.2 Å². The number of benzene rings is 2. The minimum atomic E-state index is -4.56. The van der Waals surface area contributed by atoms with E-state index >= 15 is 0 Å². The van der Waals surface area contributed by atoms with E-state index in [1.165, 1.54) is 18.2 Å². The number of piperazine rings is 1. The molecule has 182 valence electrons. The van der Waals surface area contributed by atoms with Gasteiger partial charge in [-0.3, -0.25) is 35.0 Å². The SMILES string of the molecule is Cc1cccc(C(=O)NNC(=O)CN2CCN(CC(=O)Nc3ccccc3C(F)(F)F)CC2)c1. The van der Waals surface area contributed by atoms with Crippen LogP contribution >= 0.6 is 0 Å². The molecule has 2 aromatic rings. The minimum absolute atomic E-state index is 0.0568. The van der Waals surface area contributed by atoms with Gasteiger partial charge in [-0.05, 0) is 31.2 Å². The summed E-state index contributed by atoms with van der Waals surface area (Å²) in [5.41, 5.74) is 4.96. The van der Waals surface area contributed by atoms with E-state index in [1.807, 2.05) is 17.9 Å². The number of hydrogen-bond acceptors (Lipinski definition) is 5. The number of para-hydroxylation sites is 1. The third-order valence-corrected chi connectivity index (χ3v) is 5.30. The topological polar surface area (TPSA) is 93.8 Å². The van der Waals surface area contributed by atoms with Crippen molar-refractivity contribution >= 4 is 23.4 Å². The van der Waals surface area contributed by atoms with E-state index in [2.05, 4.69) is 16.2 Å². The fourth-order valence-electron chi connectivity index (χ4n) is 3.57. The van der Waals surface area contributed by atoms with Crippen LogP contribution in [0.25, 0.3) is 0 Å². The molecule has 0 atom stereocenters. The molecule has 0 unspecified atom stereocenters. The standard InChI is InChI=1S/C23H26F3N5O3/c1-16-5-4-6-17(13-16)22(34)29-28-21(33)15-31-11-9-30(10-12-31)14-20(32)27-19-8-3-2-7-18(19)23(24,25)26/h2-8,13H,9-12,14-15H2,1H3,(H,27,32)(H,28,33)(H,29,34). The number of hydrogen-bond donors (Lipinski definition) is 3. The third-order valence-electron chi connectivity index (χ3n) is 5.30. The Labute approximate surface area is 195 Å². The van der Waals surface area contributed by atoms with Crippen LogP contribution in [0, 0.1) is 6.92 Å². The van der Waals surface area contributed by atoms with Crippen LogP contribution in [0.5, 0.6) is 0 Å². The van der Waals surface area contributed by atoms with E-state index in [1.54, 1.807) is 23.1 Å². The Morgan fingerprint density at radius 2 is 1.47 bits per heavy atom. The molecule has 3 N–H and O–H groups in total. The number of carbonyl (C=O) groups is 3. The number of nitrogens with zero attached hydrogens (tertiary/aromatic N) is 2. The molecule has 1 aliphatic heterocycles. The minimum Gasteiger partial charge on any atom is -0.324 e. The molecule has 11 heteroatoms. The fraction of sp³-hybridized carbons (Fsp3) is 0.348. The smallest absolute Gasteiger partial charge is 0.324 e. The van der Waals surface area contributed by atoms with Crippen molar-refractivity contribution in [1.82, 2.24) is 20.7 Å². The maximum atomic E-state index is 13.1. The van der Waals surface area contributed by atoms with Crippen molar-refractivity contribution in [1.29, 1.82) is 0 Å². The zero-order chi connectivity index (χ0) is 24.7. The van der Waals surface area contributed by atoms with Gasteiger partial charge in [-0.1, -0.05) is 29.8 Å². The highest BCUT2D eigenvalue weighted by Crippen LogP contribution is 2.34. The van der Waals surface area contributed by atoms with Crippen LogP contribution in [0.1, 0.15) is 21.5 Å². The molecule has 34 heavy (non-hydrogen) atoms. The first kappa shape index (κ1) is 25.2. The second-order valence-electron chi connectivity index (χ2n) is 8.02. The molecular formula is C23H26F3N5O3. The van der Waals surface area contributed by atoms with E-state index in [4.69, 9.17) is 0 Å². The zero-order valence-corrected chi connectivity index (χ0v) is 18.6. The molecule has 0 bridgehead atoms. The van der Waals surface area contributed by atoms with Crippen molar-refractivity contribution in [3.8, 4) is 0 Å². The first-order valence-corrected chi connectivity index (χ1v) is 10.7. The number of amides is 3. The van der Waals surface area contributed by atoms with Gasteiger partial charge in [-0.15, -0.1) is 0 Å². The number of aryl methyl sites for hydroxylation is 1. The van der Waals surface area contributed by atoms with Crippen molar-refractivity contribution < 1.29 is 27.6 Å². The predicted molar refractivity (Wildman–Crippen MR) is 120 cm³/mol. The second-order valence-corrected chi connectivity index (χ2v) is 8.02. The van der Waals surface area contributed by atoms with Gasteiger partial charge in [0, 0.05) is 31.7 Å². The lowest BCUT2D eigenvalue weighted by atomic mass is 10.1. The van der Waals surface area contributed by atoms with E-state index < -0.39 is 23.6 Å². The molecule has 3 amide bonds. The first-order chi connectivity index (χ1) is 16.1. The van der Waals surface area contributed by atoms with Crippen LogP contribution in [0.4, 0.5) is 18.9 Å². The summed E-state index contributed by atoms with van der Waals surface area (Å²) in [5.74, 6) is -1.34. The van der Waals surface area contributed by atoms with Crippen molar-refractivity contribution in [3.05, 3.63) is 65.2 Å². The van der Waals surface area contributed by atoms with E-state index in [9.17, 15) is 27.6 Å². The van der Waals surface area contributed by atoms with Crippen LogP contribution < -0.4 is 16.2 Å². The molecule has 1 saturated heterocycles. The molecule has 1 heterocycles. The van der Waals surface area contributed by atoms with Crippen LogP contribution in [0.15, 0.2) is 48.5 Å². The Morgan fingerprint density at radius 3 is 2.09 bits per heavy atom. The Hall–Kier alpha value is -3.44. The molecule has 0 radical (unpaired) electrons. The lowest BCUT2D eigenvalue weighted by Crippen LogP contribution is -2.52. The second kappa shape index (κ2) is 11.1. The van der Waals surface area contributed by atoms with Crippen molar-refractivity contribution in [2.24, 2.45) is 0 Å². The van der Waals surface area contributed by atoms with E-state index in [-0.39, 0.29) is 24.7 Å². The van der Waals surface area contributed by atoms with Crippen molar-refractivity contribution in [3.63, 3.8) is 0 Å². The molecule has 0 aromatic heterocycles. The Kier molecular flexibility index (Phi) is 8.24. The van der Waals surface area contributed by atoms with Gasteiger partial charge in [0.15, 0.2) is 0 Å². The van der Waals surface area contributed by atoms with Crippen LogP contribution in [0.2, 0.25) is 0 Å². The number of rotatable bonds is 6. The summed E-state index contributed by atoms with van der Waals surface area (Å²) < 4.78 is 39.2. The fourth-order valence-corrected chi connectivity index (χ4v) is 3.57. The van der Waals surface area contributed by atoms with Gasteiger partial charge in [0.25, 0.3) is 11.8 Å². The summed E-state index contributed by atoms with van der Waals surface area (Å²) in [4.78, 5) is 40.2. The molecule has 3 rings (SSSR count). The monoisotopic (exact) mass is 477 g/mol. The van der Waals surface area contributed by atoms with Gasteiger partial charge in [0.1, 0.15) is 0 Å². The number of alkyl halides is 3. The highest BCUT2D eigenvalue weighted by Gasteiger charge is 2.33. The van der Waals surface area contributed by atoms with Crippen LogP contribution in [-0.2, 0) is 15.8 Å². The number of nitrogens with one attached hydrogen (secondary N) is 3. The molecule has 8 nitrogen and oxygen atoms in total. The van der Waals surface area contributed by atoms with Crippen molar-refractivity contribution in [2.45, 2.75) is 13.1 Å². The zero-order valence-electron chi connectivity index (χ0n) is 18.6. The number of halogens is 3.